The molecule has 3 heteroatoms. The Labute approximate surface area is 167 Å². The number of aromatic nitrogens is 1. The summed E-state index contributed by atoms with van der Waals surface area (Å²) in [4.78, 5) is 6.07. The van der Waals surface area contributed by atoms with Crippen molar-refractivity contribution in [2.75, 3.05) is 0 Å². The van der Waals surface area contributed by atoms with Crippen LogP contribution in [0.25, 0.3) is 45.1 Å². The third-order valence-electron chi connectivity index (χ3n) is 4.88. The van der Waals surface area contributed by atoms with Gasteiger partial charge in [0.1, 0.15) is 5.75 Å². The molecule has 2 nitrogen and oxygen atoms in total. The van der Waals surface area contributed by atoms with Gasteiger partial charge in [-0.3, -0.25) is 0 Å². The number of pyridine rings is 1. The lowest BCUT2D eigenvalue weighted by molar-refractivity contribution is 0.477. The second-order valence-electron chi connectivity index (χ2n) is 6.64. The van der Waals surface area contributed by atoms with Crippen LogP contribution < -0.4 is 0 Å². The molecule has 134 valence electrons. The molecule has 28 heavy (non-hydrogen) atoms. The zero-order valence-electron chi connectivity index (χ0n) is 15.0. The summed E-state index contributed by atoms with van der Waals surface area (Å²) in [7, 11) is 0. The van der Waals surface area contributed by atoms with Crippen molar-refractivity contribution in [1.29, 1.82) is 0 Å². The number of thiophene rings is 1. The highest BCUT2D eigenvalue weighted by molar-refractivity contribution is 7.10. The first-order valence-electron chi connectivity index (χ1n) is 9.12. The van der Waals surface area contributed by atoms with E-state index in [-0.39, 0.29) is 5.75 Å². The minimum atomic E-state index is 0.239. The minimum absolute atomic E-state index is 0.239. The normalized spacial score (nSPS) is 11.6. The SMILES string of the molecule is Oc1ccccc1-c1cc(/C=C/c2cccs2)c2c(ccc3ccccc32)n1. The van der Waals surface area contributed by atoms with E-state index in [1.54, 1.807) is 17.4 Å². The summed E-state index contributed by atoms with van der Waals surface area (Å²) in [5.74, 6) is 0.239. The molecular formula is C25H17NOS. The molecule has 0 unspecified atom stereocenters. The predicted octanol–water partition coefficient (Wildman–Crippen LogP) is 6.99. The number of hydrogen-bond donors (Lipinski definition) is 1. The van der Waals surface area contributed by atoms with Gasteiger partial charge in [-0.2, -0.15) is 0 Å². The standard InChI is InChI=1S/C25H17NOS/c27-24-10-4-3-9-21(24)23-16-18(11-13-19-7-5-15-28-19)25-20-8-2-1-6-17(20)12-14-22(25)26-23/h1-16,27H/b13-11+. The van der Waals surface area contributed by atoms with Crippen LogP contribution in [0.1, 0.15) is 10.4 Å². The largest absolute Gasteiger partial charge is 0.507 e. The molecular weight excluding hydrogens is 362 g/mol. The zero-order chi connectivity index (χ0) is 18.9. The van der Waals surface area contributed by atoms with Gasteiger partial charge >= 0.3 is 0 Å². The summed E-state index contributed by atoms with van der Waals surface area (Å²) in [6.07, 6.45) is 4.28. The molecule has 0 amide bonds. The minimum Gasteiger partial charge on any atom is -0.507 e. The highest BCUT2D eigenvalue weighted by Crippen LogP contribution is 2.34. The first-order valence-corrected chi connectivity index (χ1v) is 10.00. The first-order chi connectivity index (χ1) is 13.8. The molecule has 5 rings (SSSR count). The Kier molecular flexibility index (Phi) is 4.15. The van der Waals surface area contributed by atoms with Gasteiger partial charge in [-0.1, -0.05) is 54.6 Å². The van der Waals surface area contributed by atoms with Crippen molar-refractivity contribution in [2.24, 2.45) is 0 Å². The van der Waals surface area contributed by atoms with Crippen LogP contribution in [0.5, 0.6) is 5.75 Å². The Bertz CT molecular complexity index is 1320. The van der Waals surface area contributed by atoms with E-state index in [1.807, 2.05) is 18.2 Å². The van der Waals surface area contributed by atoms with Gasteiger partial charge < -0.3 is 5.11 Å². The lowest BCUT2D eigenvalue weighted by Crippen LogP contribution is -1.91. The van der Waals surface area contributed by atoms with Crippen molar-refractivity contribution in [3.63, 3.8) is 0 Å². The maximum absolute atomic E-state index is 10.3. The van der Waals surface area contributed by atoms with E-state index in [4.69, 9.17) is 4.98 Å². The van der Waals surface area contributed by atoms with Crippen molar-refractivity contribution in [3.05, 3.63) is 94.7 Å². The first kappa shape index (κ1) is 16.7. The summed E-state index contributed by atoms with van der Waals surface area (Å²) in [5.41, 5.74) is 3.52. The molecule has 0 fully saturated rings. The monoisotopic (exact) mass is 379 g/mol. The molecule has 0 aliphatic rings. The number of phenols is 1. The van der Waals surface area contributed by atoms with E-state index < -0.39 is 0 Å². The summed E-state index contributed by atoms with van der Waals surface area (Å²) in [6, 6.07) is 26.1. The fourth-order valence-corrected chi connectivity index (χ4v) is 4.17. The van der Waals surface area contributed by atoms with E-state index in [2.05, 4.69) is 72.1 Å². The maximum atomic E-state index is 10.3. The van der Waals surface area contributed by atoms with Crippen molar-refractivity contribution in [3.8, 4) is 17.0 Å². The molecule has 0 spiro atoms. The second-order valence-corrected chi connectivity index (χ2v) is 7.62. The van der Waals surface area contributed by atoms with Gasteiger partial charge in [0.25, 0.3) is 0 Å². The zero-order valence-corrected chi connectivity index (χ0v) is 15.9. The topological polar surface area (TPSA) is 33.1 Å². The van der Waals surface area contributed by atoms with Gasteiger partial charge in [0, 0.05) is 15.8 Å². The van der Waals surface area contributed by atoms with Gasteiger partial charge in [0.15, 0.2) is 0 Å². The number of fused-ring (bicyclic) bond motifs is 3. The lowest BCUT2D eigenvalue weighted by Gasteiger charge is -2.11. The smallest absolute Gasteiger partial charge is 0.124 e. The third-order valence-corrected chi connectivity index (χ3v) is 5.72. The van der Waals surface area contributed by atoms with Crippen molar-refractivity contribution in [1.82, 2.24) is 4.98 Å². The molecule has 0 bridgehead atoms. The van der Waals surface area contributed by atoms with Crippen molar-refractivity contribution >= 4 is 45.2 Å². The molecule has 0 saturated carbocycles. The van der Waals surface area contributed by atoms with E-state index >= 15 is 0 Å². The van der Waals surface area contributed by atoms with Crippen LogP contribution in [-0.4, -0.2) is 10.1 Å². The van der Waals surface area contributed by atoms with Gasteiger partial charge in [0.2, 0.25) is 0 Å². The number of hydrogen-bond acceptors (Lipinski definition) is 3. The Morgan fingerprint density at radius 3 is 2.54 bits per heavy atom. The van der Waals surface area contributed by atoms with Crippen molar-refractivity contribution in [2.45, 2.75) is 0 Å². The van der Waals surface area contributed by atoms with Gasteiger partial charge in [-0.15, -0.1) is 11.3 Å². The molecule has 3 aromatic carbocycles. The summed E-state index contributed by atoms with van der Waals surface area (Å²) in [6.45, 7) is 0. The number of nitrogens with zero attached hydrogens (tertiary/aromatic N) is 1. The Morgan fingerprint density at radius 2 is 1.68 bits per heavy atom. The van der Waals surface area contributed by atoms with Gasteiger partial charge in [-0.05, 0) is 58.1 Å². The summed E-state index contributed by atoms with van der Waals surface area (Å²) in [5, 5.41) is 15.9. The van der Waals surface area contributed by atoms with Crippen LogP contribution >= 0.6 is 11.3 Å². The highest BCUT2D eigenvalue weighted by Gasteiger charge is 2.11. The quantitative estimate of drug-likeness (QED) is 0.343. The summed E-state index contributed by atoms with van der Waals surface area (Å²) >= 11 is 1.71. The fraction of sp³-hybridized carbons (Fsp3) is 0. The molecule has 0 aliphatic heterocycles. The Hall–Kier alpha value is -3.43. The second kappa shape index (κ2) is 6.95. The molecule has 0 radical (unpaired) electrons. The Balaban J connectivity index is 1.81. The van der Waals surface area contributed by atoms with Gasteiger partial charge in [-0.25, -0.2) is 4.98 Å². The van der Waals surface area contributed by atoms with Crippen LogP contribution in [0, 0.1) is 0 Å². The summed E-state index contributed by atoms with van der Waals surface area (Å²) < 4.78 is 0. The van der Waals surface area contributed by atoms with E-state index in [0.717, 1.165) is 27.7 Å². The average molecular weight is 379 g/mol. The van der Waals surface area contributed by atoms with Crippen LogP contribution in [0.15, 0.2) is 84.2 Å². The number of benzene rings is 3. The molecule has 2 heterocycles. The van der Waals surface area contributed by atoms with Crippen LogP contribution in [0.4, 0.5) is 0 Å². The molecule has 0 saturated heterocycles. The number of para-hydroxylation sites is 1. The van der Waals surface area contributed by atoms with E-state index in [9.17, 15) is 5.11 Å². The third kappa shape index (κ3) is 2.96. The van der Waals surface area contributed by atoms with Crippen molar-refractivity contribution < 1.29 is 5.11 Å². The lowest BCUT2D eigenvalue weighted by atomic mass is 9.98. The maximum Gasteiger partial charge on any atom is 0.124 e. The molecule has 0 atom stereocenters. The highest BCUT2D eigenvalue weighted by atomic mass is 32.1. The number of rotatable bonds is 3. The van der Waals surface area contributed by atoms with E-state index in [0.29, 0.717) is 0 Å². The fourth-order valence-electron chi connectivity index (χ4n) is 3.56. The number of aromatic hydroxyl groups is 1. The molecule has 5 aromatic rings. The average Bonchev–Trinajstić information content (AvgIpc) is 3.25. The molecule has 2 aromatic heterocycles. The van der Waals surface area contributed by atoms with Gasteiger partial charge in [0.05, 0.1) is 11.2 Å². The van der Waals surface area contributed by atoms with Crippen LogP contribution in [-0.2, 0) is 0 Å². The predicted molar refractivity (Wildman–Crippen MR) is 120 cm³/mol. The van der Waals surface area contributed by atoms with E-state index in [1.165, 1.54) is 15.6 Å². The number of phenolic OH excluding ortho intramolecular Hbond substituents is 1. The van der Waals surface area contributed by atoms with Crippen LogP contribution in [0.3, 0.4) is 0 Å². The molecule has 0 aliphatic carbocycles. The van der Waals surface area contributed by atoms with Crippen LogP contribution in [0.2, 0.25) is 0 Å². The Morgan fingerprint density at radius 1 is 0.821 bits per heavy atom. The molecule has 1 N–H and O–H groups in total.